The van der Waals surface area contributed by atoms with Gasteiger partial charge in [0.2, 0.25) is 5.91 Å². The minimum atomic E-state index is -0.0583. The highest BCUT2D eigenvalue weighted by atomic mass is 16.6. The molecule has 1 aromatic heterocycles. The zero-order chi connectivity index (χ0) is 17.2. The Kier molecular flexibility index (Phi) is 5.22. The van der Waals surface area contributed by atoms with E-state index >= 15 is 0 Å². The molecule has 2 fully saturated rings. The molecule has 2 saturated heterocycles. The van der Waals surface area contributed by atoms with Crippen LogP contribution in [0.15, 0.2) is 12.4 Å². The standard InChI is InChI=1S/C17H28N4O3/c1-19(2)16(22)13-23-15-8-17(24-12-15)4-6-21(7-5-17)11-14-9-18-20(3)10-14/h9-10,15H,4-8,11-13H2,1-3H3/t15-/m1/s1. The first kappa shape index (κ1) is 17.4. The highest BCUT2D eigenvalue weighted by Gasteiger charge is 2.43. The molecule has 0 bridgehead atoms. The van der Waals surface area contributed by atoms with Gasteiger partial charge in [-0.25, -0.2) is 0 Å². The van der Waals surface area contributed by atoms with Crippen LogP contribution in [0.5, 0.6) is 0 Å². The highest BCUT2D eigenvalue weighted by Crippen LogP contribution is 2.37. The third-order valence-electron chi connectivity index (χ3n) is 5.05. The van der Waals surface area contributed by atoms with Crippen molar-refractivity contribution in [2.24, 2.45) is 7.05 Å². The molecule has 0 radical (unpaired) electrons. The van der Waals surface area contributed by atoms with Gasteiger partial charge in [0.1, 0.15) is 6.61 Å². The van der Waals surface area contributed by atoms with E-state index in [4.69, 9.17) is 9.47 Å². The van der Waals surface area contributed by atoms with E-state index in [-0.39, 0.29) is 24.2 Å². The van der Waals surface area contributed by atoms with E-state index in [0.717, 1.165) is 38.9 Å². The number of aryl methyl sites for hydroxylation is 1. The molecule has 0 aromatic carbocycles. The van der Waals surface area contributed by atoms with Crippen LogP contribution in [0.3, 0.4) is 0 Å². The topological polar surface area (TPSA) is 59.8 Å². The Morgan fingerprint density at radius 3 is 2.83 bits per heavy atom. The molecular formula is C17H28N4O3. The maximum Gasteiger partial charge on any atom is 0.248 e. The third kappa shape index (κ3) is 4.15. The molecule has 1 atom stereocenters. The number of likely N-dealkylation sites (tertiary alicyclic amines) is 1. The van der Waals surface area contributed by atoms with Gasteiger partial charge in [-0.1, -0.05) is 0 Å². The van der Waals surface area contributed by atoms with Crippen LogP contribution in [-0.4, -0.2) is 77.6 Å². The molecule has 0 unspecified atom stereocenters. The van der Waals surface area contributed by atoms with Crippen LogP contribution < -0.4 is 0 Å². The second-order valence-electron chi connectivity index (χ2n) is 7.22. The lowest BCUT2D eigenvalue weighted by Gasteiger charge is -2.38. The molecule has 7 nitrogen and oxygen atoms in total. The SMILES string of the molecule is CN(C)C(=O)CO[C@H]1COC2(CCN(Cc3cnn(C)c3)CC2)C1. The molecule has 3 heterocycles. The van der Waals surface area contributed by atoms with Gasteiger partial charge in [0.15, 0.2) is 0 Å². The molecule has 3 rings (SSSR count). The third-order valence-corrected chi connectivity index (χ3v) is 5.05. The van der Waals surface area contributed by atoms with E-state index in [1.54, 1.807) is 19.0 Å². The van der Waals surface area contributed by atoms with Crippen molar-refractivity contribution in [3.63, 3.8) is 0 Å². The number of aromatic nitrogens is 2. The lowest BCUT2D eigenvalue weighted by molar-refractivity contribution is -0.135. The van der Waals surface area contributed by atoms with Gasteiger partial charge in [-0.15, -0.1) is 0 Å². The summed E-state index contributed by atoms with van der Waals surface area (Å²) in [5, 5.41) is 4.23. The minimum Gasteiger partial charge on any atom is -0.372 e. The van der Waals surface area contributed by atoms with Crippen molar-refractivity contribution in [2.45, 2.75) is 37.5 Å². The molecule has 2 aliphatic rings. The highest BCUT2D eigenvalue weighted by molar-refractivity contribution is 5.76. The van der Waals surface area contributed by atoms with Gasteiger partial charge in [0.05, 0.1) is 24.5 Å². The smallest absolute Gasteiger partial charge is 0.248 e. The number of amides is 1. The molecule has 0 aliphatic carbocycles. The summed E-state index contributed by atoms with van der Waals surface area (Å²) in [4.78, 5) is 15.6. The lowest BCUT2D eigenvalue weighted by atomic mass is 9.88. The molecule has 1 spiro atoms. The Labute approximate surface area is 143 Å². The van der Waals surface area contributed by atoms with Gasteiger partial charge in [-0.2, -0.15) is 5.10 Å². The maximum atomic E-state index is 11.6. The van der Waals surface area contributed by atoms with Crippen LogP contribution in [-0.2, 0) is 27.9 Å². The van der Waals surface area contributed by atoms with Crippen molar-refractivity contribution in [3.05, 3.63) is 18.0 Å². The van der Waals surface area contributed by atoms with Gasteiger partial charge in [0.25, 0.3) is 0 Å². The first-order chi connectivity index (χ1) is 11.5. The van der Waals surface area contributed by atoms with Crippen molar-refractivity contribution >= 4 is 5.91 Å². The fourth-order valence-electron chi connectivity index (χ4n) is 3.51. The van der Waals surface area contributed by atoms with Crippen molar-refractivity contribution in [3.8, 4) is 0 Å². The summed E-state index contributed by atoms with van der Waals surface area (Å²) in [6.45, 7) is 3.74. The molecule has 7 heteroatoms. The summed E-state index contributed by atoms with van der Waals surface area (Å²) in [6.07, 6.45) is 6.99. The Morgan fingerprint density at radius 2 is 2.21 bits per heavy atom. The number of hydrogen-bond acceptors (Lipinski definition) is 5. The fourth-order valence-corrected chi connectivity index (χ4v) is 3.51. The summed E-state index contributed by atoms with van der Waals surface area (Å²) in [5.41, 5.74) is 1.20. The van der Waals surface area contributed by atoms with Crippen LogP contribution in [0, 0.1) is 0 Å². The first-order valence-electron chi connectivity index (χ1n) is 8.61. The van der Waals surface area contributed by atoms with Crippen molar-refractivity contribution < 1.29 is 14.3 Å². The van der Waals surface area contributed by atoms with Crippen molar-refractivity contribution in [1.29, 1.82) is 0 Å². The van der Waals surface area contributed by atoms with Crippen LogP contribution in [0.25, 0.3) is 0 Å². The number of carbonyl (C=O) groups is 1. The maximum absolute atomic E-state index is 11.6. The Morgan fingerprint density at radius 1 is 1.46 bits per heavy atom. The van der Waals surface area contributed by atoms with E-state index in [1.807, 2.05) is 17.9 Å². The van der Waals surface area contributed by atoms with Gasteiger partial charge in [-0.05, 0) is 12.8 Å². The molecule has 1 aromatic rings. The number of carbonyl (C=O) groups excluding carboxylic acids is 1. The minimum absolute atomic E-state index is 0.00207. The van der Waals surface area contributed by atoms with E-state index in [9.17, 15) is 4.79 Å². The van der Waals surface area contributed by atoms with E-state index in [2.05, 4.69) is 16.2 Å². The molecule has 134 valence electrons. The average Bonchev–Trinajstić information content (AvgIpc) is 3.14. The van der Waals surface area contributed by atoms with Crippen LogP contribution in [0.1, 0.15) is 24.8 Å². The average molecular weight is 336 g/mol. The molecule has 2 aliphatic heterocycles. The van der Waals surface area contributed by atoms with E-state index in [0.29, 0.717) is 6.61 Å². The van der Waals surface area contributed by atoms with Gasteiger partial charge < -0.3 is 14.4 Å². The zero-order valence-corrected chi connectivity index (χ0v) is 14.9. The number of hydrogen-bond donors (Lipinski definition) is 0. The normalized spacial score (nSPS) is 23.7. The molecule has 0 saturated carbocycles. The number of piperidine rings is 1. The number of likely N-dealkylation sites (N-methyl/N-ethyl adjacent to an activating group) is 1. The number of ether oxygens (including phenoxy) is 2. The number of nitrogens with zero attached hydrogens (tertiary/aromatic N) is 4. The fraction of sp³-hybridized carbons (Fsp3) is 0.765. The second-order valence-corrected chi connectivity index (χ2v) is 7.22. The molecule has 1 amide bonds. The second kappa shape index (κ2) is 7.21. The Bertz CT molecular complexity index is 564. The first-order valence-corrected chi connectivity index (χ1v) is 8.61. The van der Waals surface area contributed by atoms with Crippen molar-refractivity contribution in [2.75, 3.05) is 40.4 Å². The van der Waals surface area contributed by atoms with E-state index in [1.165, 1.54) is 5.56 Å². The van der Waals surface area contributed by atoms with Crippen LogP contribution in [0.2, 0.25) is 0 Å². The van der Waals surface area contributed by atoms with Gasteiger partial charge in [-0.3, -0.25) is 14.4 Å². The summed E-state index contributed by atoms with van der Waals surface area (Å²) in [7, 11) is 5.44. The predicted molar refractivity (Wildman–Crippen MR) is 89.5 cm³/mol. The molecule has 0 N–H and O–H groups in total. The van der Waals surface area contributed by atoms with Gasteiger partial charge in [0, 0.05) is 59.0 Å². The Hall–Kier alpha value is -1.44. The summed E-state index contributed by atoms with van der Waals surface area (Å²) in [6, 6.07) is 0. The number of rotatable bonds is 5. The molecular weight excluding hydrogens is 308 g/mol. The monoisotopic (exact) mass is 336 g/mol. The lowest BCUT2D eigenvalue weighted by Crippen LogP contribution is -2.44. The van der Waals surface area contributed by atoms with Crippen molar-refractivity contribution in [1.82, 2.24) is 19.6 Å². The van der Waals surface area contributed by atoms with Crippen LogP contribution >= 0.6 is 0 Å². The summed E-state index contributed by atoms with van der Waals surface area (Å²) in [5.74, 6) is 0.00207. The van der Waals surface area contributed by atoms with E-state index < -0.39 is 0 Å². The largest absolute Gasteiger partial charge is 0.372 e. The van der Waals surface area contributed by atoms with Gasteiger partial charge >= 0.3 is 0 Å². The predicted octanol–water partition coefficient (Wildman–Crippen LogP) is 0.648. The zero-order valence-electron chi connectivity index (χ0n) is 14.9. The molecule has 24 heavy (non-hydrogen) atoms. The quantitative estimate of drug-likeness (QED) is 0.790. The van der Waals surface area contributed by atoms with Crippen LogP contribution in [0.4, 0.5) is 0 Å². The summed E-state index contributed by atoms with van der Waals surface area (Å²) >= 11 is 0. The Balaban J connectivity index is 1.43. The summed E-state index contributed by atoms with van der Waals surface area (Å²) < 4.78 is 13.7.